The van der Waals surface area contributed by atoms with E-state index < -0.39 is 0 Å². The molecule has 0 spiro atoms. The van der Waals surface area contributed by atoms with Crippen molar-refractivity contribution in [3.63, 3.8) is 0 Å². The lowest BCUT2D eigenvalue weighted by Crippen LogP contribution is -2.45. The third kappa shape index (κ3) is 2.96. The summed E-state index contributed by atoms with van der Waals surface area (Å²) in [4.78, 5) is 14.0. The van der Waals surface area contributed by atoms with Crippen LogP contribution in [0.15, 0.2) is 30.3 Å². The van der Waals surface area contributed by atoms with Gasteiger partial charge in [0.1, 0.15) is 0 Å². The van der Waals surface area contributed by atoms with Gasteiger partial charge in [0.05, 0.1) is 6.04 Å². The van der Waals surface area contributed by atoms with Crippen LogP contribution in [-0.4, -0.2) is 29.9 Å². The van der Waals surface area contributed by atoms with Crippen molar-refractivity contribution in [3.8, 4) is 0 Å². The minimum absolute atomic E-state index is 0.182. The van der Waals surface area contributed by atoms with Gasteiger partial charge >= 0.3 is 0 Å². The number of carbonyl (C=O) groups excluding carboxylic acids is 1. The van der Waals surface area contributed by atoms with Crippen LogP contribution in [0.4, 0.5) is 0 Å². The number of rotatable bonds is 5. The van der Waals surface area contributed by atoms with Gasteiger partial charge in [-0.05, 0) is 44.3 Å². The van der Waals surface area contributed by atoms with Crippen molar-refractivity contribution < 1.29 is 4.79 Å². The van der Waals surface area contributed by atoms with Crippen molar-refractivity contribution in [1.82, 2.24) is 4.90 Å². The summed E-state index contributed by atoms with van der Waals surface area (Å²) in [7, 11) is 0. The van der Waals surface area contributed by atoms with Gasteiger partial charge in [0, 0.05) is 6.04 Å². The van der Waals surface area contributed by atoms with E-state index in [0.29, 0.717) is 12.5 Å². The third-order valence-corrected chi connectivity index (χ3v) is 4.17. The molecule has 1 fully saturated rings. The van der Waals surface area contributed by atoms with E-state index in [2.05, 4.69) is 24.0 Å². The first-order valence-corrected chi connectivity index (χ1v) is 6.95. The predicted octanol–water partition coefficient (Wildman–Crippen LogP) is 1.27. The molecule has 3 unspecified atom stereocenters. The number of hydrogen-bond acceptors (Lipinski definition) is 3. The topological polar surface area (TPSA) is 72.3 Å². The molecule has 19 heavy (non-hydrogen) atoms. The summed E-state index contributed by atoms with van der Waals surface area (Å²) in [6.07, 6.45) is 1.87. The van der Waals surface area contributed by atoms with Gasteiger partial charge in [-0.15, -0.1) is 0 Å². The molecule has 4 heteroatoms. The van der Waals surface area contributed by atoms with Crippen LogP contribution in [0, 0.1) is 5.92 Å². The summed E-state index contributed by atoms with van der Waals surface area (Å²) in [5, 5.41) is 0. The van der Waals surface area contributed by atoms with Gasteiger partial charge < -0.3 is 11.5 Å². The van der Waals surface area contributed by atoms with Crippen LogP contribution < -0.4 is 11.5 Å². The van der Waals surface area contributed by atoms with Crippen LogP contribution >= 0.6 is 0 Å². The predicted molar refractivity (Wildman–Crippen MR) is 76.3 cm³/mol. The maximum atomic E-state index is 11.8. The first kappa shape index (κ1) is 14.0. The van der Waals surface area contributed by atoms with Crippen LogP contribution in [-0.2, 0) is 4.79 Å². The van der Waals surface area contributed by atoms with E-state index in [1.54, 1.807) is 0 Å². The van der Waals surface area contributed by atoms with Crippen molar-refractivity contribution in [1.29, 1.82) is 0 Å². The first-order chi connectivity index (χ1) is 9.15. The van der Waals surface area contributed by atoms with E-state index in [9.17, 15) is 4.79 Å². The quantitative estimate of drug-likeness (QED) is 0.838. The Morgan fingerprint density at radius 3 is 2.68 bits per heavy atom. The van der Waals surface area contributed by atoms with Crippen molar-refractivity contribution in [3.05, 3.63) is 35.9 Å². The molecule has 3 atom stereocenters. The zero-order valence-corrected chi connectivity index (χ0v) is 11.5. The van der Waals surface area contributed by atoms with Crippen molar-refractivity contribution >= 4 is 5.91 Å². The largest absolute Gasteiger partial charge is 0.368 e. The lowest BCUT2D eigenvalue weighted by molar-refractivity contribution is -0.124. The molecular weight excluding hydrogens is 238 g/mol. The van der Waals surface area contributed by atoms with Crippen LogP contribution in [0.2, 0.25) is 0 Å². The molecule has 1 aliphatic heterocycles. The molecule has 1 aliphatic rings. The molecule has 104 valence electrons. The van der Waals surface area contributed by atoms with E-state index in [4.69, 9.17) is 11.5 Å². The van der Waals surface area contributed by atoms with Crippen LogP contribution in [0.3, 0.4) is 0 Å². The van der Waals surface area contributed by atoms with Gasteiger partial charge in [0.2, 0.25) is 5.91 Å². The Kier molecular flexibility index (Phi) is 4.56. The van der Waals surface area contributed by atoms with Crippen molar-refractivity contribution in [2.24, 2.45) is 17.4 Å². The number of primary amides is 1. The molecule has 1 aromatic rings. The molecule has 2 rings (SSSR count). The van der Waals surface area contributed by atoms with E-state index in [1.807, 2.05) is 18.2 Å². The Morgan fingerprint density at radius 1 is 1.42 bits per heavy atom. The van der Waals surface area contributed by atoms with Crippen molar-refractivity contribution in [2.75, 3.05) is 13.1 Å². The maximum Gasteiger partial charge on any atom is 0.235 e. The fourth-order valence-electron chi connectivity index (χ4n) is 3.15. The molecule has 0 aliphatic carbocycles. The Morgan fingerprint density at radius 2 is 2.11 bits per heavy atom. The van der Waals surface area contributed by atoms with Gasteiger partial charge in [-0.25, -0.2) is 0 Å². The molecule has 1 heterocycles. The van der Waals surface area contributed by atoms with E-state index in [0.717, 1.165) is 19.4 Å². The number of hydrogen-bond donors (Lipinski definition) is 2. The number of nitrogens with zero attached hydrogens (tertiary/aromatic N) is 1. The van der Waals surface area contributed by atoms with Crippen LogP contribution in [0.25, 0.3) is 0 Å². The molecule has 1 saturated heterocycles. The number of nitrogens with two attached hydrogens (primary N) is 2. The van der Waals surface area contributed by atoms with Gasteiger partial charge in [-0.1, -0.05) is 30.3 Å². The Labute approximate surface area is 114 Å². The highest BCUT2D eigenvalue weighted by atomic mass is 16.1. The molecule has 0 aromatic heterocycles. The normalized spacial score (nSPS) is 25.4. The highest BCUT2D eigenvalue weighted by molar-refractivity contribution is 5.80. The van der Waals surface area contributed by atoms with Gasteiger partial charge in [0.15, 0.2) is 0 Å². The van der Waals surface area contributed by atoms with E-state index in [-0.39, 0.29) is 18.0 Å². The molecule has 1 aromatic carbocycles. The highest BCUT2D eigenvalue weighted by Crippen LogP contribution is 2.33. The van der Waals surface area contributed by atoms with Gasteiger partial charge in [-0.3, -0.25) is 9.69 Å². The Bertz CT molecular complexity index is 421. The Balaban J connectivity index is 2.17. The number of carbonyl (C=O) groups is 1. The average Bonchev–Trinajstić information content (AvgIpc) is 2.83. The molecular formula is C15H23N3O. The third-order valence-electron chi connectivity index (χ3n) is 4.17. The Hall–Kier alpha value is -1.39. The van der Waals surface area contributed by atoms with Gasteiger partial charge in [0.25, 0.3) is 0 Å². The fourth-order valence-corrected chi connectivity index (χ4v) is 3.15. The van der Waals surface area contributed by atoms with E-state index >= 15 is 0 Å². The van der Waals surface area contributed by atoms with E-state index in [1.165, 1.54) is 5.56 Å². The smallest absolute Gasteiger partial charge is 0.235 e. The molecule has 0 saturated carbocycles. The van der Waals surface area contributed by atoms with Crippen LogP contribution in [0.1, 0.15) is 31.4 Å². The lowest BCUT2D eigenvalue weighted by Gasteiger charge is -2.31. The summed E-state index contributed by atoms with van der Waals surface area (Å²) in [5.74, 6) is 0.0763. The minimum atomic E-state index is -0.223. The monoisotopic (exact) mass is 261 g/mol. The molecule has 1 amide bonds. The minimum Gasteiger partial charge on any atom is -0.368 e. The average molecular weight is 261 g/mol. The number of benzene rings is 1. The highest BCUT2D eigenvalue weighted by Gasteiger charge is 2.39. The number of likely N-dealkylation sites (tertiary alicyclic amines) is 1. The molecule has 0 radical (unpaired) electrons. The van der Waals surface area contributed by atoms with Crippen molar-refractivity contribution in [2.45, 2.75) is 31.8 Å². The second-order valence-electron chi connectivity index (χ2n) is 5.30. The maximum absolute atomic E-state index is 11.8. The van der Waals surface area contributed by atoms with Gasteiger partial charge in [-0.2, -0.15) is 0 Å². The second kappa shape index (κ2) is 6.17. The summed E-state index contributed by atoms with van der Waals surface area (Å²) in [6.45, 7) is 3.66. The molecule has 4 N–H and O–H groups in total. The standard InChI is InChI=1S/C15H23N3O/c1-11(12-5-3-2-4-6-12)18-10-8-13(7-9-16)14(18)15(17)19/h2-6,11,13-14H,7-10,16H2,1H3,(H2,17,19). The molecule has 0 bridgehead atoms. The zero-order chi connectivity index (χ0) is 13.8. The van der Waals surface area contributed by atoms with Crippen LogP contribution in [0.5, 0.6) is 0 Å². The summed E-state index contributed by atoms with van der Waals surface area (Å²) in [5.41, 5.74) is 12.5. The zero-order valence-electron chi connectivity index (χ0n) is 11.5. The SMILES string of the molecule is CC(c1ccccc1)N1CCC(CCN)C1C(N)=O. The molecule has 4 nitrogen and oxygen atoms in total. The number of amides is 1. The first-order valence-electron chi connectivity index (χ1n) is 6.95. The second-order valence-corrected chi connectivity index (χ2v) is 5.30. The summed E-state index contributed by atoms with van der Waals surface area (Å²) in [6, 6.07) is 10.3. The lowest BCUT2D eigenvalue weighted by atomic mass is 9.95. The summed E-state index contributed by atoms with van der Waals surface area (Å²) < 4.78 is 0. The fraction of sp³-hybridized carbons (Fsp3) is 0.533. The summed E-state index contributed by atoms with van der Waals surface area (Å²) >= 11 is 0.